The van der Waals surface area contributed by atoms with Gasteiger partial charge in [0, 0.05) is 23.0 Å². The van der Waals surface area contributed by atoms with E-state index in [4.69, 9.17) is 17.3 Å². The summed E-state index contributed by atoms with van der Waals surface area (Å²) in [7, 11) is 0. The van der Waals surface area contributed by atoms with Crippen LogP contribution in [0.15, 0.2) is 36.9 Å². The monoisotopic (exact) mass is 237 g/mol. The molecular formula is C11H9ClFN3. The van der Waals surface area contributed by atoms with Crippen LogP contribution in [0.1, 0.15) is 17.2 Å². The molecule has 1 unspecified atom stereocenters. The minimum atomic E-state index is -0.524. The van der Waals surface area contributed by atoms with E-state index in [9.17, 15) is 4.39 Å². The van der Waals surface area contributed by atoms with Crippen molar-refractivity contribution in [2.75, 3.05) is 0 Å². The van der Waals surface area contributed by atoms with Crippen LogP contribution in [0.2, 0.25) is 5.02 Å². The number of nitrogens with zero attached hydrogens (tertiary/aromatic N) is 2. The summed E-state index contributed by atoms with van der Waals surface area (Å²) in [5.74, 6) is -0.369. The highest BCUT2D eigenvalue weighted by Gasteiger charge is 2.13. The summed E-state index contributed by atoms with van der Waals surface area (Å²) in [6.07, 6.45) is 4.57. The average Bonchev–Trinajstić information content (AvgIpc) is 2.32. The van der Waals surface area contributed by atoms with Crippen molar-refractivity contribution in [1.82, 2.24) is 9.97 Å². The van der Waals surface area contributed by atoms with Gasteiger partial charge in [-0.15, -0.1) is 0 Å². The number of rotatable bonds is 2. The fourth-order valence-electron chi connectivity index (χ4n) is 1.40. The third-order valence-electron chi connectivity index (χ3n) is 2.23. The highest BCUT2D eigenvalue weighted by atomic mass is 35.5. The Morgan fingerprint density at radius 1 is 1.25 bits per heavy atom. The van der Waals surface area contributed by atoms with Crippen LogP contribution in [0.4, 0.5) is 4.39 Å². The van der Waals surface area contributed by atoms with Gasteiger partial charge in [0.05, 0.1) is 6.04 Å². The van der Waals surface area contributed by atoms with Crippen LogP contribution in [0.3, 0.4) is 0 Å². The van der Waals surface area contributed by atoms with E-state index in [-0.39, 0.29) is 5.82 Å². The Morgan fingerprint density at radius 2 is 1.94 bits per heavy atom. The van der Waals surface area contributed by atoms with Crippen molar-refractivity contribution in [3.63, 3.8) is 0 Å². The third kappa shape index (κ3) is 2.18. The second kappa shape index (κ2) is 4.55. The van der Waals surface area contributed by atoms with E-state index >= 15 is 0 Å². The quantitative estimate of drug-likeness (QED) is 0.872. The molecule has 0 aliphatic carbocycles. The van der Waals surface area contributed by atoms with Gasteiger partial charge in [-0.2, -0.15) is 0 Å². The van der Waals surface area contributed by atoms with Crippen LogP contribution in [0.25, 0.3) is 0 Å². The Morgan fingerprint density at radius 3 is 2.62 bits per heavy atom. The second-order valence-electron chi connectivity index (χ2n) is 3.32. The van der Waals surface area contributed by atoms with Crippen LogP contribution in [0, 0.1) is 5.82 Å². The Labute approximate surface area is 97.1 Å². The zero-order valence-corrected chi connectivity index (χ0v) is 9.03. The topological polar surface area (TPSA) is 51.8 Å². The molecule has 0 aliphatic rings. The number of hydrogen-bond donors (Lipinski definition) is 1. The van der Waals surface area contributed by atoms with Crippen molar-refractivity contribution in [1.29, 1.82) is 0 Å². The van der Waals surface area contributed by atoms with Gasteiger partial charge in [0.15, 0.2) is 0 Å². The number of hydrogen-bond acceptors (Lipinski definition) is 3. The maximum atomic E-state index is 13.1. The predicted molar refractivity (Wildman–Crippen MR) is 59.5 cm³/mol. The summed E-state index contributed by atoms with van der Waals surface area (Å²) in [6, 6.07) is 3.57. The normalized spacial score (nSPS) is 12.4. The first-order valence-electron chi connectivity index (χ1n) is 4.64. The van der Waals surface area contributed by atoms with E-state index in [1.54, 1.807) is 12.4 Å². The highest BCUT2D eigenvalue weighted by Crippen LogP contribution is 2.26. The summed E-state index contributed by atoms with van der Waals surface area (Å²) in [5, 5.41) is 0.428. The summed E-state index contributed by atoms with van der Waals surface area (Å²) in [6.45, 7) is 0. The minimum Gasteiger partial charge on any atom is -0.320 e. The molecule has 0 saturated carbocycles. The van der Waals surface area contributed by atoms with Crippen molar-refractivity contribution in [3.8, 4) is 0 Å². The largest absolute Gasteiger partial charge is 0.320 e. The molecule has 0 fully saturated rings. The first-order chi connectivity index (χ1) is 7.68. The second-order valence-corrected chi connectivity index (χ2v) is 3.72. The summed E-state index contributed by atoms with van der Waals surface area (Å²) < 4.78 is 13.1. The van der Waals surface area contributed by atoms with Crippen molar-refractivity contribution in [2.45, 2.75) is 6.04 Å². The van der Waals surface area contributed by atoms with Gasteiger partial charge in [-0.1, -0.05) is 11.6 Å². The maximum absolute atomic E-state index is 13.1. The van der Waals surface area contributed by atoms with Crippen LogP contribution in [-0.2, 0) is 0 Å². The van der Waals surface area contributed by atoms with E-state index in [2.05, 4.69) is 9.97 Å². The molecule has 0 radical (unpaired) electrons. The molecule has 1 atom stereocenters. The number of nitrogens with two attached hydrogens (primary N) is 1. The van der Waals surface area contributed by atoms with Gasteiger partial charge in [0.2, 0.25) is 0 Å². The smallest absolute Gasteiger partial charge is 0.123 e. The molecule has 2 aromatic rings. The summed E-state index contributed by atoms with van der Waals surface area (Å²) in [4.78, 5) is 7.71. The molecule has 1 aromatic heterocycles. The van der Waals surface area contributed by atoms with Gasteiger partial charge in [-0.3, -0.25) is 0 Å². The lowest BCUT2D eigenvalue weighted by Crippen LogP contribution is -2.13. The van der Waals surface area contributed by atoms with Gasteiger partial charge in [-0.25, -0.2) is 14.4 Å². The van der Waals surface area contributed by atoms with E-state index < -0.39 is 6.04 Å². The average molecular weight is 238 g/mol. The zero-order valence-electron chi connectivity index (χ0n) is 8.27. The molecule has 0 aliphatic heterocycles. The molecule has 1 aromatic carbocycles. The summed E-state index contributed by atoms with van der Waals surface area (Å²) >= 11 is 5.95. The molecule has 0 amide bonds. The fourth-order valence-corrected chi connectivity index (χ4v) is 1.64. The Bertz CT molecular complexity index is 490. The molecule has 2 rings (SSSR count). The van der Waals surface area contributed by atoms with E-state index in [1.165, 1.54) is 24.5 Å². The lowest BCUT2D eigenvalue weighted by Gasteiger charge is -2.13. The Hall–Kier alpha value is -1.52. The first kappa shape index (κ1) is 11.0. The van der Waals surface area contributed by atoms with Gasteiger partial charge < -0.3 is 5.73 Å². The molecule has 3 nitrogen and oxygen atoms in total. The van der Waals surface area contributed by atoms with Gasteiger partial charge >= 0.3 is 0 Å². The molecule has 0 bridgehead atoms. The van der Waals surface area contributed by atoms with Gasteiger partial charge in [0.25, 0.3) is 0 Å². The van der Waals surface area contributed by atoms with Crippen molar-refractivity contribution < 1.29 is 4.39 Å². The van der Waals surface area contributed by atoms with Crippen molar-refractivity contribution >= 4 is 11.6 Å². The van der Waals surface area contributed by atoms with Gasteiger partial charge in [-0.05, 0) is 23.8 Å². The zero-order chi connectivity index (χ0) is 11.5. The minimum absolute atomic E-state index is 0.369. The molecule has 16 heavy (non-hydrogen) atoms. The van der Waals surface area contributed by atoms with Crippen molar-refractivity contribution in [2.24, 2.45) is 5.73 Å². The highest BCUT2D eigenvalue weighted by molar-refractivity contribution is 6.31. The Kier molecular flexibility index (Phi) is 3.12. The third-order valence-corrected chi connectivity index (χ3v) is 2.58. The number of benzene rings is 1. The van der Waals surface area contributed by atoms with E-state index in [0.29, 0.717) is 16.1 Å². The maximum Gasteiger partial charge on any atom is 0.123 e. The molecule has 5 heteroatoms. The number of aromatic nitrogens is 2. The van der Waals surface area contributed by atoms with Crippen LogP contribution < -0.4 is 5.73 Å². The first-order valence-corrected chi connectivity index (χ1v) is 5.01. The van der Waals surface area contributed by atoms with Crippen LogP contribution in [0.5, 0.6) is 0 Å². The molecule has 82 valence electrons. The van der Waals surface area contributed by atoms with Crippen LogP contribution in [-0.4, -0.2) is 9.97 Å². The fraction of sp³-hybridized carbons (Fsp3) is 0.0909. The van der Waals surface area contributed by atoms with Crippen LogP contribution >= 0.6 is 11.6 Å². The summed E-state index contributed by atoms with van der Waals surface area (Å²) in [5.41, 5.74) is 7.17. The number of halogens is 2. The molecule has 1 heterocycles. The lowest BCUT2D eigenvalue weighted by atomic mass is 10.0. The SMILES string of the molecule is NC(c1cncnc1)c1cc(F)ccc1Cl. The van der Waals surface area contributed by atoms with E-state index in [0.717, 1.165) is 0 Å². The lowest BCUT2D eigenvalue weighted by molar-refractivity contribution is 0.623. The van der Waals surface area contributed by atoms with Gasteiger partial charge in [0.1, 0.15) is 12.1 Å². The molecule has 2 N–H and O–H groups in total. The van der Waals surface area contributed by atoms with E-state index in [1.807, 2.05) is 0 Å². The molecule has 0 spiro atoms. The Balaban J connectivity index is 2.41. The predicted octanol–water partition coefficient (Wildman–Crippen LogP) is 2.32. The molecule has 0 saturated heterocycles. The standard InChI is InChI=1S/C11H9ClFN3/c12-10-2-1-8(13)3-9(10)11(14)7-4-15-6-16-5-7/h1-6,11H,14H2. The molecular weight excluding hydrogens is 229 g/mol. The van der Waals surface area contributed by atoms with Crippen molar-refractivity contribution in [3.05, 3.63) is 58.9 Å².